The van der Waals surface area contributed by atoms with Crippen LogP contribution in [0.4, 0.5) is 5.82 Å². The minimum Gasteiger partial charge on any atom is -0.313 e. The third kappa shape index (κ3) is 3.73. The third-order valence-electron chi connectivity index (χ3n) is 3.75. The third-order valence-corrected chi connectivity index (χ3v) is 4.12. The van der Waals surface area contributed by atoms with Gasteiger partial charge in [0.15, 0.2) is 0 Å². The number of carbonyl (C=O) groups is 1. The number of hydrogen-bond donors (Lipinski definition) is 2. The van der Waals surface area contributed by atoms with Gasteiger partial charge in [0, 0.05) is 17.4 Å². The van der Waals surface area contributed by atoms with E-state index in [-0.39, 0.29) is 12.1 Å². The van der Waals surface area contributed by atoms with E-state index in [1.807, 2.05) is 6.92 Å². The van der Waals surface area contributed by atoms with E-state index in [0.717, 1.165) is 16.3 Å². The molecule has 2 heterocycles. The van der Waals surface area contributed by atoms with E-state index in [1.54, 1.807) is 42.6 Å². The quantitative estimate of drug-likeness (QED) is 0.735. The first-order chi connectivity index (χ1) is 12.5. The smallest absolute Gasteiger partial charge is 0.313 e. The van der Waals surface area contributed by atoms with Gasteiger partial charge in [0.2, 0.25) is 0 Å². The number of hydrogen-bond acceptors (Lipinski definition) is 4. The largest absolute Gasteiger partial charge is 0.328 e. The van der Waals surface area contributed by atoms with Crippen molar-refractivity contribution >= 4 is 23.3 Å². The Hall–Kier alpha value is -3.19. The molecule has 0 unspecified atom stereocenters. The van der Waals surface area contributed by atoms with Crippen LogP contribution in [0.2, 0.25) is 5.02 Å². The van der Waals surface area contributed by atoms with Crippen LogP contribution < -0.4 is 16.6 Å². The van der Waals surface area contributed by atoms with E-state index in [4.69, 9.17) is 11.6 Å². The second kappa shape index (κ2) is 7.37. The predicted octanol–water partition coefficient (Wildman–Crippen LogP) is 2.19. The summed E-state index contributed by atoms with van der Waals surface area (Å²) < 4.78 is 0.930. The molecular weight excluding hydrogens is 356 g/mol. The normalized spacial score (nSPS) is 10.5. The van der Waals surface area contributed by atoms with E-state index >= 15 is 0 Å². The Balaban J connectivity index is 1.94. The second-order valence-corrected chi connectivity index (χ2v) is 6.07. The number of anilines is 1. The molecule has 0 aliphatic carbocycles. The van der Waals surface area contributed by atoms with Crippen molar-refractivity contribution in [3.05, 3.63) is 91.3 Å². The van der Waals surface area contributed by atoms with Crippen LogP contribution in [0.3, 0.4) is 0 Å². The highest BCUT2D eigenvalue weighted by atomic mass is 35.5. The summed E-state index contributed by atoms with van der Waals surface area (Å²) in [4.78, 5) is 43.5. The van der Waals surface area contributed by atoms with Crippen LogP contribution >= 0.6 is 11.6 Å². The lowest BCUT2D eigenvalue weighted by atomic mass is 10.2. The predicted molar refractivity (Wildman–Crippen MR) is 98.8 cm³/mol. The van der Waals surface area contributed by atoms with Crippen molar-refractivity contribution in [2.45, 2.75) is 13.5 Å². The summed E-state index contributed by atoms with van der Waals surface area (Å²) in [6.07, 6.45) is 2.65. The Bertz CT molecular complexity index is 1090. The van der Waals surface area contributed by atoms with Crippen molar-refractivity contribution in [3.63, 3.8) is 0 Å². The molecule has 0 bridgehead atoms. The molecule has 26 heavy (non-hydrogen) atoms. The summed E-state index contributed by atoms with van der Waals surface area (Å²) in [6, 6.07) is 10.3. The Morgan fingerprint density at radius 3 is 2.77 bits per heavy atom. The Labute approximate surface area is 153 Å². The van der Waals surface area contributed by atoms with Gasteiger partial charge < -0.3 is 10.3 Å². The molecule has 2 N–H and O–H groups in total. The van der Waals surface area contributed by atoms with Gasteiger partial charge >= 0.3 is 5.69 Å². The maximum absolute atomic E-state index is 12.6. The molecule has 3 rings (SSSR count). The Kier molecular flexibility index (Phi) is 4.99. The van der Waals surface area contributed by atoms with Gasteiger partial charge in [0.05, 0.1) is 6.54 Å². The zero-order valence-corrected chi connectivity index (χ0v) is 14.6. The number of aromatic amines is 1. The van der Waals surface area contributed by atoms with E-state index in [2.05, 4.69) is 15.3 Å². The lowest BCUT2D eigenvalue weighted by Crippen LogP contribution is -2.39. The summed E-state index contributed by atoms with van der Waals surface area (Å²) in [5.74, 6) is -0.337. The van der Waals surface area contributed by atoms with Gasteiger partial charge in [-0.2, -0.15) is 0 Å². The SMILES string of the molecule is Cc1ccnc(NC(=O)c2c[nH]c(=O)n(Cc3ccccc3Cl)c2=O)c1. The van der Waals surface area contributed by atoms with E-state index in [0.29, 0.717) is 16.4 Å². The lowest BCUT2D eigenvalue weighted by molar-refractivity contribution is 0.102. The highest BCUT2D eigenvalue weighted by Gasteiger charge is 2.16. The van der Waals surface area contributed by atoms with Crippen LogP contribution in [0.25, 0.3) is 0 Å². The summed E-state index contributed by atoms with van der Waals surface area (Å²) in [5, 5.41) is 2.98. The summed E-state index contributed by atoms with van der Waals surface area (Å²) >= 11 is 6.09. The minimum absolute atomic E-state index is 0.0440. The zero-order chi connectivity index (χ0) is 18.7. The first-order valence-electron chi connectivity index (χ1n) is 7.75. The van der Waals surface area contributed by atoms with Gasteiger partial charge in [0.25, 0.3) is 11.5 Å². The topological polar surface area (TPSA) is 96.8 Å². The van der Waals surface area contributed by atoms with Crippen molar-refractivity contribution < 1.29 is 4.79 Å². The fraction of sp³-hybridized carbons (Fsp3) is 0.111. The first-order valence-corrected chi connectivity index (χ1v) is 8.13. The molecule has 2 aromatic heterocycles. The van der Waals surface area contributed by atoms with Gasteiger partial charge in [-0.05, 0) is 36.2 Å². The molecule has 0 fully saturated rings. The van der Waals surface area contributed by atoms with Gasteiger partial charge in [-0.15, -0.1) is 0 Å². The molecule has 3 aromatic rings. The standard InChI is InChI=1S/C18H15ClN4O3/c1-11-6-7-20-15(8-11)22-16(24)13-9-21-18(26)23(17(13)25)10-12-4-2-3-5-14(12)19/h2-9H,10H2,1H3,(H,21,26)(H,20,22,24). The second-order valence-electron chi connectivity index (χ2n) is 5.66. The molecule has 1 amide bonds. The molecule has 0 aliphatic heterocycles. The summed E-state index contributed by atoms with van der Waals surface area (Å²) in [5.41, 5.74) is -0.0218. The van der Waals surface area contributed by atoms with Crippen LogP contribution in [-0.4, -0.2) is 20.4 Å². The number of aryl methyl sites for hydroxylation is 1. The number of amides is 1. The maximum atomic E-state index is 12.6. The number of aromatic nitrogens is 3. The molecule has 0 saturated heterocycles. The highest BCUT2D eigenvalue weighted by Crippen LogP contribution is 2.15. The van der Waals surface area contributed by atoms with Crippen LogP contribution in [0.5, 0.6) is 0 Å². The highest BCUT2D eigenvalue weighted by molar-refractivity contribution is 6.31. The van der Waals surface area contributed by atoms with Crippen LogP contribution in [0.1, 0.15) is 21.5 Å². The maximum Gasteiger partial charge on any atom is 0.328 e. The molecule has 8 heteroatoms. The number of H-pyrrole nitrogens is 1. The van der Waals surface area contributed by atoms with Crippen molar-refractivity contribution in [2.24, 2.45) is 0 Å². The Morgan fingerprint density at radius 2 is 2.04 bits per heavy atom. The molecule has 132 valence electrons. The van der Waals surface area contributed by atoms with Crippen LogP contribution in [0.15, 0.2) is 58.4 Å². The van der Waals surface area contributed by atoms with Crippen molar-refractivity contribution in [1.29, 1.82) is 0 Å². The molecule has 0 radical (unpaired) electrons. The fourth-order valence-electron chi connectivity index (χ4n) is 2.40. The van der Waals surface area contributed by atoms with E-state index in [9.17, 15) is 14.4 Å². The number of nitrogens with one attached hydrogen (secondary N) is 2. The number of pyridine rings is 1. The zero-order valence-electron chi connectivity index (χ0n) is 13.8. The number of nitrogens with zero attached hydrogens (tertiary/aromatic N) is 2. The summed E-state index contributed by atoms with van der Waals surface area (Å²) in [7, 11) is 0. The van der Waals surface area contributed by atoms with Crippen LogP contribution in [-0.2, 0) is 6.54 Å². The molecule has 0 aliphatic rings. The number of benzene rings is 1. The molecule has 1 aromatic carbocycles. The number of rotatable bonds is 4. The fourth-order valence-corrected chi connectivity index (χ4v) is 2.60. The van der Waals surface area contributed by atoms with Gasteiger partial charge in [0.1, 0.15) is 11.4 Å². The van der Waals surface area contributed by atoms with Gasteiger partial charge in [-0.25, -0.2) is 9.78 Å². The molecular formula is C18H15ClN4O3. The summed E-state index contributed by atoms with van der Waals surface area (Å²) in [6.45, 7) is 1.81. The van der Waals surface area contributed by atoms with Crippen molar-refractivity contribution in [1.82, 2.24) is 14.5 Å². The van der Waals surface area contributed by atoms with Crippen molar-refractivity contribution in [2.75, 3.05) is 5.32 Å². The van der Waals surface area contributed by atoms with E-state index < -0.39 is 17.2 Å². The lowest BCUT2D eigenvalue weighted by Gasteiger charge is -2.09. The average molecular weight is 371 g/mol. The van der Waals surface area contributed by atoms with E-state index in [1.165, 1.54) is 0 Å². The molecule has 7 nitrogen and oxygen atoms in total. The average Bonchev–Trinajstić information content (AvgIpc) is 2.60. The molecule has 0 atom stereocenters. The number of carbonyl (C=O) groups excluding carboxylic acids is 1. The van der Waals surface area contributed by atoms with Gasteiger partial charge in [-0.3, -0.25) is 14.2 Å². The van der Waals surface area contributed by atoms with Crippen LogP contribution in [0, 0.1) is 6.92 Å². The monoisotopic (exact) mass is 370 g/mol. The minimum atomic E-state index is -0.709. The molecule has 0 saturated carbocycles. The Morgan fingerprint density at radius 1 is 1.27 bits per heavy atom. The van der Waals surface area contributed by atoms with Crippen molar-refractivity contribution in [3.8, 4) is 0 Å². The number of halogens is 1. The van der Waals surface area contributed by atoms with Gasteiger partial charge in [-0.1, -0.05) is 29.8 Å². The molecule has 0 spiro atoms. The first kappa shape index (κ1) is 17.6.